The van der Waals surface area contributed by atoms with Gasteiger partial charge in [-0.25, -0.2) is 0 Å². The minimum atomic E-state index is 0.225. The highest BCUT2D eigenvalue weighted by atomic mass is 16.2. The number of carbonyl (C=O) groups excluding carboxylic acids is 1. The number of anilines is 1. The van der Waals surface area contributed by atoms with Gasteiger partial charge in [-0.05, 0) is 55.0 Å². The van der Waals surface area contributed by atoms with Crippen molar-refractivity contribution in [2.75, 3.05) is 25.0 Å². The molecule has 2 fully saturated rings. The Morgan fingerprint density at radius 2 is 1.86 bits per heavy atom. The van der Waals surface area contributed by atoms with E-state index in [1.807, 2.05) is 24.1 Å². The predicted molar refractivity (Wildman–Crippen MR) is 118 cm³/mol. The molecule has 1 saturated heterocycles. The van der Waals surface area contributed by atoms with Crippen molar-refractivity contribution in [3.63, 3.8) is 0 Å². The maximum Gasteiger partial charge on any atom is 0.227 e. The van der Waals surface area contributed by atoms with E-state index in [0.29, 0.717) is 13.0 Å². The summed E-state index contributed by atoms with van der Waals surface area (Å²) in [5.74, 6) is 1.05. The number of nitrogens with zero attached hydrogens (tertiary/aromatic N) is 2. The molecule has 2 aromatic carbocycles. The second-order valence-corrected chi connectivity index (χ2v) is 8.19. The van der Waals surface area contributed by atoms with E-state index in [2.05, 4.69) is 58.9 Å². The van der Waals surface area contributed by atoms with Crippen LogP contribution in [0, 0.1) is 6.92 Å². The van der Waals surface area contributed by atoms with Gasteiger partial charge >= 0.3 is 0 Å². The molecule has 0 radical (unpaired) electrons. The predicted octanol–water partition coefficient (Wildman–Crippen LogP) is 3.52. The van der Waals surface area contributed by atoms with Crippen molar-refractivity contribution in [2.24, 2.45) is 4.99 Å². The highest BCUT2D eigenvalue weighted by molar-refractivity contribution is 5.95. The molecule has 2 aliphatic rings. The Balaban J connectivity index is 1.31. The highest BCUT2D eigenvalue weighted by Gasteiger charge is 2.44. The minimum absolute atomic E-state index is 0.225. The number of amides is 1. The first-order valence-corrected chi connectivity index (χ1v) is 10.5. The molecule has 0 unspecified atom stereocenters. The van der Waals surface area contributed by atoms with Crippen LogP contribution in [-0.4, -0.2) is 32.0 Å². The average Bonchev–Trinajstić information content (AvgIpc) is 3.41. The van der Waals surface area contributed by atoms with E-state index in [-0.39, 0.29) is 11.3 Å². The van der Waals surface area contributed by atoms with Crippen LogP contribution in [0.5, 0.6) is 0 Å². The topological polar surface area (TPSA) is 56.7 Å². The highest BCUT2D eigenvalue weighted by Crippen LogP contribution is 2.48. The van der Waals surface area contributed by atoms with Gasteiger partial charge in [-0.2, -0.15) is 0 Å². The van der Waals surface area contributed by atoms with Crippen LogP contribution in [0.4, 0.5) is 5.69 Å². The van der Waals surface area contributed by atoms with Crippen LogP contribution in [0.2, 0.25) is 0 Å². The fourth-order valence-corrected chi connectivity index (χ4v) is 4.23. The molecule has 4 rings (SSSR count). The van der Waals surface area contributed by atoms with Crippen LogP contribution in [0.1, 0.15) is 42.4 Å². The number of aryl methyl sites for hydroxylation is 1. The number of nitrogens with one attached hydrogen (secondary N) is 2. The van der Waals surface area contributed by atoms with Gasteiger partial charge in [-0.3, -0.25) is 9.79 Å². The Kier molecular flexibility index (Phi) is 5.56. The number of rotatable bonds is 6. The number of carbonyl (C=O) groups is 1. The summed E-state index contributed by atoms with van der Waals surface area (Å²) in [6, 6.07) is 16.9. The molecule has 0 atom stereocenters. The van der Waals surface area contributed by atoms with Crippen molar-refractivity contribution >= 4 is 17.6 Å². The maximum absolute atomic E-state index is 11.9. The number of aliphatic imine (C=N–C) groups is 1. The molecule has 29 heavy (non-hydrogen) atoms. The van der Waals surface area contributed by atoms with E-state index in [0.717, 1.165) is 31.2 Å². The third-order valence-corrected chi connectivity index (χ3v) is 6.17. The SMILES string of the molecule is CN=C(NCc1ccc(N2CCCC2=O)cc1)NCC1(c2ccccc2C)CC1. The summed E-state index contributed by atoms with van der Waals surface area (Å²) < 4.78 is 0. The zero-order valence-corrected chi connectivity index (χ0v) is 17.4. The van der Waals surface area contributed by atoms with Crippen LogP contribution >= 0.6 is 0 Å². The summed E-state index contributed by atoms with van der Waals surface area (Å²) >= 11 is 0. The first kappa shape index (κ1) is 19.5. The van der Waals surface area contributed by atoms with Gasteiger partial charge in [-0.1, -0.05) is 36.4 Å². The molecule has 0 spiro atoms. The van der Waals surface area contributed by atoms with E-state index in [9.17, 15) is 4.79 Å². The van der Waals surface area contributed by atoms with Gasteiger partial charge in [0.2, 0.25) is 5.91 Å². The maximum atomic E-state index is 11.9. The van der Waals surface area contributed by atoms with Crippen molar-refractivity contribution in [1.29, 1.82) is 0 Å². The van der Waals surface area contributed by atoms with Crippen molar-refractivity contribution in [3.05, 3.63) is 65.2 Å². The monoisotopic (exact) mass is 390 g/mol. The Bertz CT molecular complexity index is 899. The lowest BCUT2D eigenvalue weighted by Gasteiger charge is -2.21. The van der Waals surface area contributed by atoms with E-state index in [1.165, 1.54) is 29.5 Å². The van der Waals surface area contributed by atoms with Gasteiger partial charge in [0, 0.05) is 44.2 Å². The zero-order chi connectivity index (χ0) is 20.3. The second-order valence-electron chi connectivity index (χ2n) is 8.19. The summed E-state index contributed by atoms with van der Waals surface area (Å²) in [7, 11) is 1.81. The third-order valence-electron chi connectivity index (χ3n) is 6.17. The molecule has 1 aliphatic heterocycles. The Morgan fingerprint density at radius 1 is 1.10 bits per heavy atom. The van der Waals surface area contributed by atoms with E-state index in [4.69, 9.17) is 0 Å². The zero-order valence-electron chi connectivity index (χ0n) is 17.4. The van der Waals surface area contributed by atoms with Gasteiger partial charge in [-0.15, -0.1) is 0 Å². The van der Waals surface area contributed by atoms with Gasteiger partial charge in [0.05, 0.1) is 0 Å². The molecule has 5 nitrogen and oxygen atoms in total. The van der Waals surface area contributed by atoms with Crippen LogP contribution in [0.15, 0.2) is 53.5 Å². The summed E-state index contributed by atoms with van der Waals surface area (Å²) in [5, 5.41) is 6.92. The number of hydrogen-bond donors (Lipinski definition) is 2. The van der Waals surface area contributed by atoms with Gasteiger partial charge in [0.15, 0.2) is 5.96 Å². The van der Waals surface area contributed by atoms with Crippen molar-refractivity contribution in [2.45, 2.75) is 44.6 Å². The molecule has 2 aromatic rings. The van der Waals surface area contributed by atoms with E-state index in [1.54, 1.807) is 0 Å². The van der Waals surface area contributed by atoms with Crippen LogP contribution in [0.25, 0.3) is 0 Å². The molecule has 1 saturated carbocycles. The lowest BCUT2D eigenvalue weighted by atomic mass is 9.92. The molecule has 152 valence electrons. The number of hydrogen-bond acceptors (Lipinski definition) is 2. The number of benzene rings is 2. The molecule has 0 bridgehead atoms. The Morgan fingerprint density at radius 3 is 2.48 bits per heavy atom. The van der Waals surface area contributed by atoms with Gasteiger partial charge < -0.3 is 15.5 Å². The Labute approximate surface area is 173 Å². The van der Waals surface area contributed by atoms with E-state index >= 15 is 0 Å². The van der Waals surface area contributed by atoms with Crippen molar-refractivity contribution < 1.29 is 4.79 Å². The van der Waals surface area contributed by atoms with Crippen molar-refractivity contribution in [1.82, 2.24) is 10.6 Å². The normalized spacial score (nSPS) is 18.1. The quantitative estimate of drug-likeness (QED) is 0.586. The summed E-state index contributed by atoms with van der Waals surface area (Å²) in [6.07, 6.45) is 4.06. The lowest BCUT2D eigenvalue weighted by Crippen LogP contribution is -2.41. The smallest absolute Gasteiger partial charge is 0.227 e. The summed E-state index contributed by atoms with van der Waals surface area (Å²) in [6.45, 7) is 4.62. The molecule has 5 heteroatoms. The van der Waals surface area contributed by atoms with Gasteiger partial charge in [0.25, 0.3) is 0 Å². The number of guanidine groups is 1. The molecule has 1 aliphatic carbocycles. The molecule has 0 aromatic heterocycles. The lowest BCUT2D eigenvalue weighted by molar-refractivity contribution is -0.117. The molecular weight excluding hydrogens is 360 g/mol. The second kappa shape index (κ2) is 8.27. The molecule has 2 N–H and O–H groups in total. The Hall–Kier alpha value is -2.82. The van der Waals surface area contributed by atoms with Crippen molar-refractivity contribution in [3.8, 4) is 0 Å². The molecule has 1 amide bonds. The molecular formula is C24H30N4O. The average molecular weight is 391 g/mol. The van der Waals surface area contributed by atoms with Crippen LogP contribution < -0.4 is 15.5 Å². The first-order valence-electron chi connectivity index (χ1n) is 10.5. The largest absolute Gasteiger partial charge is 0.356 e. The van der Waals surface area contributed by atoms with E-state index < -0.39 is 0 Å². The molecule has 1 heterocycles. The summed E-state index contributed by atoms with van der Waals surface area (Å²) in [4.78, 5) is 18.1. The third kappa shape index (κ3) is 4.29. The van der Waals surface area contributed by atoms with Crippen LogP contribution in [0.3, 0.4) is 0 Å². The summed E-state index contributed by atoms with van der Waals surface area (Å²) in [5.41, 5.74) is 5.23. The minimum Gasteiger partial charge on any atom is -0.356 e. The fraction of sp³-hybridized carbons (Fsp3) is 0.417. The first-order chi connectivity index (χ1) is 14.1. The fourth-order valence-electron chi connectivity index (χ4n) is 4.23. The van der Waals surface area contributed by atoms with Gasteiger partial charge in [0.1, 0.15) is 0 Å². The van der Waals surface area contributed by atoms with Crippen LogP contribution in [-0.2, 0) is 16.8 Å². The standard InChI is InChI=1S/C24H30N4O/c1-18-6-3-4-7-21(18)24(13-14-24)17-27-23(25-2)26-16-19-9-11-20(12-10-19)28-15-5-8-22(28)29/h3-4,6-7,9-12H,5,8,13-17H2,1-2H3,(H2,25,26,27).